The molecule has 1 aliphatic rings. The molecule has 1 aliphatic heterocycles. The highest BCUT2D eigenvalue weighted by Gasteiger charge is 2.52. The fraction of sp³-hybridized carbons (Fsp3) is 0.421. The fourth-order valence-corrected chi connectivity index (χ4v) is 3.33. The van der Waals surface area contributed by atoms with Crippen LogP contribution in [0, 0.1) is 12.3 Å². The number of thiophene rings is 1. The van der Waals surface area contributed by atoms with Crippen molar-refractivity contribution in [2.75, 3.05) is 0 Å². The van der Waals surface area contributed by atoms with Crippen LogP contribution in [0.4, 0.5) is 4.39 Å². The van der Waals surface area contributed by atoms with Gasteiger partial charge < -0.3 is 9.31 Å². The zero-order chi connectivity index (χ0) is 18.9. The lowest BCUT2D eigenvalue weighted by Crippen LogP contribution is -2.41. The van der Waals surface area contributed by atoms with E-state index in [2.05, 4.69) is 11.0 Å². The summed E-state index contributed by atoms with van der Waals surface area (Å²) in [7, 11) is -0.981. The Hall–Kier alpha value is -1.88. The number of nitrogens with zero attached hydrogens (tertiary/aromatic N) is 2. The van der Waals surface area contributed by atoms with Gasteiger partial charge in [0.25, 0.3) is 0 Å². The molecular formula is C19H22BFN2O2S. The van der Waals surface area contributed by atoms with E-state index in [0.29, 0.717) is 13.0 Å². The molecule has 3 heterocycles. The minimum Gasteiger partial charge on any atom is -0.398 e. The Balaban J connectivity index is 1.81. The molecule has 7 heteroatoms. The van der Waals surface area contributed by atoms with Crippen molar-refractivity contribution in [2.45, 2.75) is 51.9 Å². The van der Waals surface area contributed by atoms with Gasteiger partial charge in [0.05, 0.1) is 16.9 Å². The van der Waals surface area contributed by atoms with Gasteiger partial charge in [0.15, 0.2) is 0 Å². The summed E-state index contributed by atoms with van der Waals surface area (Å²) in [6.45, 7) is 7.98. The molecule has 0 unspecified atom stereocenters. The van der Waals surface area contributed by atoms with Gasteiger partial charge in [-0.25, -0.2) is 4.39 Å². The van der Waals surface area contributed by atoms with E-state index >= 15 is 0 Å². The zero-order valence-electron chi connectivity index (χ0n) is 15.5. The van der Waals surface area contributed by atoms with Crippen LogP contribution in [0.3, 0.4) is 0 Å². The Kier molecular flexibility index (Phi) is 5.11. The van der Waals surface area contributed by atoms with Gasteiger partial charge >= 0.3 is 7.12 Å². The molecule has 26 heavy (non-hydrogen) atoms. The summed E-state index contributed by atoms with van der Waals surface area (Å²) in [6.07, 6.45) is 9.12. The number of hydrogen-bond donors (Lipinski definition) is 0. The van der Waals surface area contributed by atoms with E-state index in [1.165, 1.54) is 6.08 Å². The number of terminal acetylenes is 1. The molecule has 1 saturated heterocycles. The van der Waals surface area contributed by atoms with Crippen LogP contribution in [0.1, 0.15) is 33.3 Å². The molecule has 0 radical (unpaired) electrons. The van der Waals surface area contributed by atoms with Crippen LogP contribution in [0.25, 0.3) is 11.3 Å². The maximum absolute atomic E-state index is 14.7. The lowest BCUT2D eigenvalue weighted by Gasteiger charge is -2.32. The van der Waals surface area contributed by atoms with Gasteiger partial charge in [-0.2, -0.15) is 16.4 Å². The van der Waals surface area contributed by atoms with E-state index < -0.39 is 24.0 Å². The third kappa shape index (κ3) is 3.63. The van der Waals surface area contributed by atoms with Gasteiger partial charge in [-0.05, 0) is 45.6 Å². The largest absolute Gasteiger partial charge is 0.524 e. The predicted molar refractivity (Wildman–Crippen MR) is 103 cm³/mol. The third-order valence-electron chi connectivity index (χ3n) is 4.88. The first kappa shape index (κ1) is 18.9. The first-order valence-corrected chi connectivity index (χ1v) is 9.41. The Morgan fingerprint density at radius 2 is 2.08 bits per heavy atom. The van der Waals surface area contributed by atoms with E-state index in [1.54, 1.807) is 16.0 Å². The summed E-state index contributed by atoms with van der Waals surface area (Å²) in [5, 5.41) is 8.53. The maximum atomic E-state index is 14.7. The monoisotopic (exact) mass is 372 g/mol. The van der Waals surface area contributed by atoms with Gasteiger partial charge in [-0.15, -0.1) is 6.42 Å². The second kappa shape index (κ2) is 7.03. The summed E-state index contributed by atoms with van der Waals surface area (Å²) in [5.41, 5.74) is 1.17. The van der Waals surface area contributed by atoms with Crippen molar-refractivity contribution in [1.29, 1.82) is 0 Å². The Labute approximate surface area is 158 Å². The van der Waals surface area contributed by atoms with Crippen molar-refractivity contribution in [2.24, 2.45) is 0 Å². The number of allylic oxidation sites excluding steroid dienone is 1. The maximum Gasteiger partial charge on any atom is 0.524 e. The SMILES string of the molecule is C#CCn1cc(CC=C(F)B2OC(C)(C)C(C)(C)O2)c(-c2ccsc2)n1. The van der Waals surface area contributed by atoms with Crippen LogP contribution in [-0.2, 0) is 22.3 Å². The molecule has 0 spiro atoms. The molecule has 2 aromatic rings. The standard InChI is InChI=1S/C19H22BFN2O2S/c1-6-10-23-12-14(17(22-23)15-9-11-26-13-15)7-8-16(21)20-24-18(2,3)19(4,5)25-20/h1,8-9,11-13H,7,10H2,2-5H3. The summed E-state index contributed by atoms with van der Waals surface area (Å²) >= 11 is 1.59. The van der Waals surface area contributed by atoms with E-state index in [0.717, 1.165) is 16.8 Å². The molecule has 2 aromatic heterocycles. The number of halogens is 1. The number of hydrogen-bond acceptors (Lipinski definition) is 4. The van der Waals surface area contributed by atoms with E-state index in [-0.39, 0.29) is 0 Å². The molecule has 4 nitrogen and oxygen atoms in total. The highest BCUT2D eigenvalue weighted by Crippen LogP contribution is 2.38. The van der Waals surface area contributed by atoms with Crippen molar-refractivity contribution < 1.29 is 13.7 Å². The van der Waals surface area contributed by atoms with Crippen molar-refractivity contribution in [1.82, 2.24) is 9.78 Å². The normalized spacial score (nSPS) is 18.9. The molecule has 0 atom stereocenters. The third-order valence-corrected chi connectivity index (χ3v) is 5.56. The second-order valence-electron chi connectivity index (χ2n) is 7.30. The highest BCUT2D eigenvalue weighted by atomic mass is 32.1. The molecular weight excluding hydrogens is 350 g/mol. The predicted octanol–water partition coefficient (Wildman–Crippen LogP) is 4.27. The van der Waals surface area contributed by atoms with Crippen molar-refractivity contribution in [3.05, 3.63) is 40.4 Å². The van der Waals surface area contributed by atoms with E-state index in [9.17, 15) is 4.39 Å². The van der Waals surface area contributed by atoms with Gasteiger partial charge in [-0.3, -0.25) is 4.68 Å². The molecule has 0 amide bonds. The topological polar surface area (TPSA) is 36.3 Å². The first-order valence-electron chi connectivity index (χ1n) is 8.47. The van der Waals surface area contributed by atoms with E-state index in [1.807, 2.05) is 50.7 Å². The molecule has 0 bridgehead atoms. The van der Waals surface area contributed by atoms with Gasteiger partial charge in [0.2, 0.25) is 0 Å². The average Bonchev–Trinajstić information content (AvgIpc) is 3.24. The van der Waals surface area contributed by atoms with Crippen molar-refractivity contribution in [3.63, 3.8) is 0 Å². The Morgan fingerprint density at radius 3 is 2.65 bits per heavy atom. The fourth-order valence-electron chi connectivity index (χ4n) is 2.69. The van der Waals surface area contributed by atoms with Crippen molar-refractivity contribution in [3.8, 4) is 23.6 Å². The molecule has 0 saturated carbocycles. The first-order chi connectivity index (χ1) is 12.2. The number of rotatable bonds is 5. The minimum absolute atomic E-state index is 0.376. The van der Waals surface area contributed by atoms with Crippen LogP contribution >= 0.6 is 11.3 Å². The zero-order valence-corrected chi connectivity index (χ0v) is 16.3. The van der Waals surface area contributed by atoms with Gasteiger partial charge in [-0.1, -0.05) is 12.0 Å². The smallest absolute Gasteiger partial charge is 0.398 e. The summed E-state index contributed by atoms with van der Waals surface area (Å²) in [6, 6.07) is 1.99. The lowest BCUT2D eigenvalue weighted by molar-refractivity contribution is 0.00578. The summed E-state index contributed by atoms with van der Waals surface area (Å²) < 4.78 is 27.9. The van der Waals surface area contributed by atoms with Crippen LogP contribution in [-0.4, -0.2) is 28.1 Å². The average molecular weight is 372 g/mol. The van der Waals surface area contributed by atoms with Crippen LogP contribution in [0.2, 0.25) is 0 Å². The van der Waals surface area contributed by atoms with Crippen molar-refractivity contribution >= 4 is 18.5 Å². The molecule has 0 aliphatic carbocycles. The molecule has 3 rings (SSSR count). The Morgan fingerprint density at radius 1 is 1.38 bits per heavy atom. The quantitative estimate of drug-likeness (QED) is 0.581. The minimum atomic E-state index is -0.981. The van der Waals surface area contributed by atoms with E-state index in [4.69, 9.17) is 15.7 Å². The lowest BCUT2D eigenvalue weighted by atomic mass is 9.87. The van der Waals surface area contributed by atoms with Crippen LogP contribution in [0.15, 0.2) is 34.8 Å². The van der Waals surface area contributed by atoms with Crippen LogP contribution < -0.4 is 0 Å². The highest BCUT2D eigenvalue weighted by molar-refractivity contribution is 7.08. The molecule has 1 fully saturated rings. The second-order valence-corrected chi connectivity index (χ2v) is 8.08. The van der Waals surface area contributed by atoms with Gasteiger partial charge in [0.1, 0.15) is 12.3 Å². The van der Waals surface area contributed by atoms with Gasteiger partial charge in [0, 0.05) is 22.7 Å². The number of aromatic nitrogens is 2. The molecule has 0 aromatic carbocycles. The van der Waals surface area contributed by atoms with Crippen LogP contribution in [0.5, 0.6) is 0 Å². The molecule has 136 valence electrons. The summed E-state index contributed by atoms with van der Waals surface area (Å²) in [4.78, 5) is 0. The Bertz CT molecular complexity index is 834. The molecule has 0 N–H and O–H groups in total. The summed E-state index contributed by atoms with van der Waals surface area (Å²) in [5.74, 6) is 2.57.